The maximum atomic E-state index is 11.4. The van der Waals surface area contributed by atoms with E-state index in [4.69, 9.17) is 5.73 Å². The molecule has 1 aromatic rings. The highest BCUT2D eigenvalue weighted by atomic mass is 32.2. The quantitative estimate of drug-likeness (QED) is 0.801. The van der Waals surface area contributed by atoms with Gasteiger partial charge in [0.05, 0.1) is 4.21 Å². The third-order valence-corrected chi connectivity index (χ3v) is 4.19. The van der Waals surface area contributed by atoms with Gasteiger partial charge in [0.2, 0.25) is 5.91 Å². The fourth-order valence-electron chi connectivity index (χ4n) is 1.00. The van der Waals surface area contributed by atoms with Crippen LogP contribution in [0.15, 0.2) is 21.7 Å². The number of thiophene rings is 1. The van der Waals surface area contributed by atoms with E-state index in [0.717, 1.165) is 5.75 Å². The molecule has 1 aromatic heterocycles. The van der Waals surface area contributed by atoms with Crippen molar-refractivity contribution in [3.05, 3.63) is 17.5 Å². The molecule has 0 aliphatic rings. The first kappa shape index (κ1) is 12.5. The smallest absolute Gasteiger partial charge is 0.223 e. The number of nitrogens with two attached hydrogens (primary N) is 1. The van der Waals surface area contributed by atoms with Gasteiger partial charge in [0.15, 0.2) is 0 Å². The molecule has 0 aliphatic heterocycles. The minimum atomic E-state index is -0.0630. The Kier molecular flexibility index (Phi) is 5.14. The van der Waals surface area contributed by atoms with Gasteiger partial charge in [-0.05, 0) is 11.4 Å². The molecule has 0 saturated carbocycles. The number of thioether (sulfide) groups is 1. The summed E-state index contributed by atoms with van der Waals surface area (Å²) in [4.78, 5) is 12.9. The van der Waals surface area contributed by atoms with Crippen molar-refractivity contribution in [2.75, 3.05) is 19.8 Å². The summed E-state index contributed by atoms with van der Waals surface area (Å²) in [5, 5.41) is 2.04. The van der Waals surface area contributed by atoms with Gasteiger partial charge in [-0.2, -0.15) is 0 Å². The number of carbonyl (C=O) groups excluding carboxylic acids is 1. The molecule has 1 atom stereocenters. The Bertz CT molecular complexity index is 298. The van der Waals surface area contributed by atoms with E-state index in [1.807, 2.05) is 11.4 Å². The van der Waals surface area contributed by atoms with Crippen LogP contribution in [0.3, 0.4) is 0 Å². The van der Waals surface area contributed by atoms with Crippen LogP contribution in [0.5, 0.6) is 0 Å². The molecule has 0 unspecified atom stereocenters. The molecule has 2 N–H and O–H groups in total. The normalized spacial score (nSPS) is 12.5. The van der Waals surface area contributed by atoms with Gasteiger partial charge in [0.25, 0.3) is 0 Å². The predicted molar refractivity (Wildman–Crippen MR) is 66.3 cm³/mol. The summed E-state index contributed by atoms with van der Waals surface area (Å²) in [5.74, 6) is 0.884. The third-order valence-electron chi connectivity index (χ3n) is 1.87. The first-order chi connectivity index (χ1) is 7.09. The Morgan fingerprint density at radius 2 is 2.40 bits per heavy atom. The molecular weight excluding hydrogens is 228 g/mol. The molecule has 15 heavy (non-hydrogen) atoms. The molecule has 1 heterocycles. The van der Waals surface area contributed by atoms with Crippen LogP contribution in [0.4, 0.5) is 0 Å². The van der Waals surface area contributed by atoms with E-state index in [0.29, 0.717) is 6.42 Å². The van der Waals surface area contributed by atoms with Crippen molar-refractivity contribution in [1.82, 2.24) is 4.90 Å². The largest absolute Gasteiger partial charge is 0.349 e. The van der Waals surface area contributed by atoms with Gasteiger partial charge < -0.3 is 10.6 Å². The second kappa shape index (κ2) is 6.15. The molecule has 0 aromatic carbocycles. The number of nitrogens with zero attached hydrogens (tertiary/aromatic N) is 1. The van der Waals surface area contributed by atoms with Gasteiger partial charge in [-0.25, -0.2) is 0 Å². The first-order valence-electron chi connectivity index (χ1n) is 4.71. The van der Waals surface area contributed by atoms with Crippen molar-refractivity contribution in [3.63, 3.8) is 0 Å². The lowest BCUT2D eigenvalue weighted by Gasteiger charge is -2.14. The minimum Gasteiger partial charge on any atom is -0.349 e. The highest BCUT2D eigenvalue weighted by Crippen LogP contribution is 2.23. The van der Waals surface area contributed by atoms with Gasteiger partial charge in [0, 0.05) is 32.3 Å². The van der Waals surface area contributed by atoms with Crippen molar-refractivity contribution in [2.45, 2.75) is 16.7 Å². The van der Waals surface area contributed by atoms with Crippen molar-refractivity contribution < 1.29 is 4.79 Å². The molecule has 0 bridgehead atoms. The van der Waals surface area contributed by atoms with Crippen LogP contribution in [0.1, 0.15) is 6.42 Å². The monoisotopic (exact) mass is 244 g/mol. The number of hydrogen-bond acceptors (Lipinski definition) is 4. The second-order valence-corrected chi connectivity index (χ2v) is 5.76. The van der Waals surface area contributed by atoms with Crippen molar-refractivity contribution >= 4 is 29.0 Å². The van der Waals surface area contributed by atoms with Gasteiger partial charge in [0.1, 0.15) is 0 Å². The molecule has 84 valence electrons. The number of amides is 1. The number of carbonyl (C=O) groups is 1. The third kappa shape index (κ3) is 4.68. The topological polar surface area (TPSA) is 46.3 Å². The summed E-state index contributed by atoms with van der Waals surface area (Å²) in [6.07, 6.45) is 0.422. The Hall–Kier alpha value is -0.520. The van der Waals surface area contributed by atoms with Crippen LogP contribution in [0.25, 0.3) is 0 Å². The molecule has 0 fully saturated rings. The summed E-state index contributed by atoms with van der Waals surface area (Å²) in [7, 11) is 3.50. The van der Waals surface area contributed by atoms with E-state index in [-0.39, 0.29) is 11.9 Å². The maximum absolute atomic E-state index is 11.4. The molecule has 5 heteroatoms. The lowest BCUT2D eigenvalue weighted by atomic mass is 10.2. The summed E-state index contributed by atoms with van der Waals surface area (Å²) in [6, 6.07) is 4.02. The highest BCUT2D eigenvalue weighted by Gasteiger charge is 2.11. The Morgan fingerprint density at radius 1 is 1.67 bits per heavy atom. The minimum absolute atomic E-state index is 0.0630. The van der Waals surface area contributed by atoms with Crippen LogP contribution in [-0.4, -0.2) is 36.7 Å². The standard InChI is InChI=1S/C10H16N2OS2/c1-12(2)9(13)6-8(11)7-15-10-4-3-5-14-10/h3-5,8H,6-7,11H2,1-2H3/t8-/m1/s1. The van der Waals surface area contributed by atoms with Crippen LogP contribution in [0, 0.1) is 0 Å². The average Bonchev–Trinajstić information content (AvgIpc) is 2.66. The SMILES string of the molecule is CN(C)C(=O)C[C@@H](N)CSc1cccs1. The van der Waals surface area contributed by atoms with E-state index >= 15 is 0 Å². The van der Waals surface area contributed by atoms with Crippen LogP contribution < -0.4 is 5.73 Å². The van der Waals surface area contributed by atoms with Crippen molar-refractivity contribution in [2.24, 2.45) is 5.73 Å². The Labute approximate surface area is 98.6 Å². The molecule has 0 aliphatic carbocycles. The van der Waals surface area contributed by atoms with E-state index in [1.165, 1.54) is 4.21 Å². The average molecular weight is 244 g/mol. The van der Waals surface area contributed by atoms with E-state index in [1.54, 1.807) is 42.1 Å². The second-order valence-electron chi connectivity index (χ2n) is 3.50. The first-order valence-corrected chi connectivity index (χ1v) is 6.58. The lowest BCUT2D eigenvalue weighted by molar-refractivity contribution is -0.128. The van der Waals surface area contributed by atoms with Gasteiger partial charge in [-0.15, -0.1) is 23.1 Å². The van der Waals surface area contributed by atoms with E-state index in [9.17, 15) is 4.79 Å². The van der Waals surface area contributed by atoms with Crippen molar-refractivity contribution in [1.29, 1.82) is 0 Å². The Morgan fingerprint density at radius 3 is 2.93 bits per heavy atom. The Balaban J connectivity index is 2.24. The van der Waals surface area contributed by atoms with Crippen LogP contribution >= 0.6 is 23.1 Å². The van der Waals surface area contributed by atoms with Gasteiger partial charge in [-0.3, -0.25) is 4.79 Å². The summed E-state index contributed by atoms with van der Waals surface area (Å²) < 4.78 is 1.25. The lowest BCUT2D eigenvalue weighted by Crippen LogP contribution is -2.32. The van der Waals surface area contributed by atoms with Gasteiger partial charge >= 0.3 is 0 Å². The van der Waals surface area contributed by atoms with Crippen LogP contribution in [0.2, 0.25) is 0 Å². The fraction of sp³-hybridized carbons (Fsp3) is 0.500. The van der Waals surface area contributed by atoms with E-state index in [2.05, 4.69) is 6.07 Å². The van der Waals surface area contributed by atoms with Gasteiger partial charge in [-0.1, -0.05) is 6.07 Å². The molecule has 3 nitrogen and oxygen atoms in total. The maximum Gasteiger partial charge on any atom is 0.223 e. The molecular formula is C10H16N2OS2. The zero-order valence-electron chi connectivity index (χ0n) is 8.97. The summed E-state index contributed by atoms with van der Waals surface area (Å²) in [5.41, 5.74) is 5.87. The summed E-state index contributed by atoms with van der Waals surface area (Å²) in [6.45, 7) is 0. The molecule has 1 amide bonds. The highest BCUT2D eigenvalue weighted by molar-refractivity contribution is 8.01. The summed E-state index contributed by atoms with van der Waals surface area (Å²) >= 11 is 3.41. The zero-order valence-corrected chi connectivity index (χ0v) is 10.6. The fourth-order valence-corrected chi connectivity index (χ4v) is 2.76. The number of hydrogen-bond donors (Lipinski definition) is 1. The number of rotatable bonds is 5. The van der Waals surface area contributed by atoms with Crippen LogP contribution in [-0.2, 0) is 4.79 Å². The predicted octanol–water partition coefficient (Wildman–Crippen LogP) is 1.65. The zero-order chi connectivity index (χ0) is 11.3. The molecule has 1 rings (SSSR count). The molecule has 0 radical (unpaired) electrons. The van der Waals surface area contributed by atoms with E-state index < -0.39 is 0 Å². The molecule has 0 spiro atoms. The van der Waals surface area contributed by atoms with Crippen molar-refractivity contribution in [3.8, 4) is 0 Å². The molecule has 0 saturated heterocycles.